The Morgan fingerprint density at radius 3 is 1.67 bits per heavy atom. The first-order valence-corrected chi connectivity index (χ1v) is 16.7. The number of benzene rings is 2. The maximum absolute atomic E-state index is 13.5. The summed E-state index contributed by atoms with van der Waals surface area (Å²) in [6, 6.07) is 9.37. The Hall–Kier alpha value is -1.79. The van der Waals surface area contributed by atoms with Gasteiger partial charge in [-0.15, -0.1) is 0 Å². The zero-order valence-electron chi connectivity index (χ0n) is 20.9. The third kappa shape index (κ3) is 5.26. The van der Waals surface area contributed by atoms with Gasteiger partial charge in [0.25, 0.3) is 0 Å². The van der Waals surface area contributed by atoms with Gasteiger partial charge < -0.3 is 0 Å². The first kappa shape index (κ1) is 27.3. The molecule has 2 aromatic rings. The van der Waals surface area contributed by atoms with Gasteiger partial charge in [-0.3, -0.25) is 0 Å². The standard InChI is InChI=1S/C25H34N2O6S3/c1-19-9-13-26(14-10-19)35(30,31)24-6-4-5-22(17-24)34(28,29)23-8-7-21(3)25(18-23)36(32,33)27-15-11-20(2)12-16-27/h4-8,17-20H,9-16H2,1-3H3. The minimum Gasteiger partial charge on any atom is -0.219 e. The van der Waals surface area contributed by atoms with E-state index in [2.05, 4.69) is 13.8 Å². The Kier molecular flexibility index (Phi) is 7.70. The van der Waals surface area contributed by atoms with Crippen molar-refractivity contribution < 1.29 is 25.3 Å². The Bertz CT molecular complexity index is 1440. The van der Waals surface area contributed by atoms with Gasteiger partial charge in [-0.25, -0.2) is 25.3 Å². The van der Waals surface area contributed by atoms with Crippen molar-refractivity contribution >= 4 is 29.9 Å². The molecule has 0 N–H and O–H groups in total. The second-order valence-electron chi connectivity index (χ2n) is 10.1. The third-order valence-corrected chi connectivity index (χ3v) is 13.0. The largest absolute Gasteiger partial charge is 0.243 e. The molecule has 198 valence electrons. The van der Waals surface area contributed by atoms with Crippen LogP contribution in [0.15, 0.2) is 62.0 Å². The van der Waals surface area contributed by atoms with Crippen LogP contribution in [0.4, 0.5) is 0 Å². The zero-order chi connectivity index (χ0) is 26.3. The Balaban J connectivity index is 1.68. The highest BCUT2D eigenvalue weighted by atomic mass is 32.2. The molecule has 2 aliphatic heterocycles. The topological polar surface area (TPSA) is 109 Å². The van der Waals surface area contributed by atoms with Crippen molar-refractivity contribution in [2.75, 3.05) is 26.2 Å². The van der Waals surface area contributed by atoms with Crippen molar-refractivity contribution in [1.82, 2.24) is 8.61 Å². The van der Waals surface area contributed by atoms with Crippen LogP contribution < -0.4 is 0 Å². The summed E-state index contributed by atoms with van der Waals surface area (Å²) in [4.78, 5) is -0.490. The minimum absolute atomic E-state index is 0.0376. The quantitative estimate of drug-likeness (QED) is 0.539. The van der Waals surface area contributed by atoms with E-state index in [0.717, 1.165) is 25.7 Å². The number of hydrogen-bond donors (Lipinski definition) is 0. The van der Waals surface area contributed by atoms with E-state index in [-0.39, 0.29) is 19.6 Å². The number of aryl methyl sites for hydroxylation is 1. The zero-order valence-corrected chi connectivity index (χ0v) is 23.4. The molecule has 0 saturated carbocycles. The highest BCUT2D eigenvalue weighted by molar-refractivity contribution is 7.92. The summed E-state index contributed by atoms with van der Waals surface area (Å²) in [5.41, 5.74) is 0.461. The van der Waals surface area contributed by atoms with Crippen LogP contribution in [0.3, 0.4) is 0 Å². The number of piperidine rings is 2. The molecule has 4 rings (SSSR count). The molecule has 0 aliphatic carbocycles. The first-order valence-electron chi connectivity index (χ1n) is 12.3. The summed E-state index contributed by atoms with van der Waals surface area (Å²) in [5, 5.41) is 0. The summed E-state index contributed by atoms with van der Waals surface area (Å²) < 4.78 is 83.0. The molecule has 2 heterocycles. The van der Waals surface area contributed by atoms with Crippen LogP contribution in [0.25, 0.3) is 0 Å². The Morgan fingerprint density at radius 1 is 0.639 bits per heavy atom. The van der Waals surface area contributed by atoms with Crippen molar-refractivity contribution in [3.8, 4) is 0 Å². The van der Waals surface area contributed by atoms with Gasteiger partial charge in [-0.2, -0.15) is 8.61 Å². The predicted molar refractivity (Wildman–Crippen MR) is 137 cm³/mol. The van der Waals surface area contributed by atoms with Gasteiger partial charge >= 0.3 is 0 Å². The smallest absolute Gasteiger partial charge is 0.219 e. The lowest BCUT2D eigenvalue weighted by atomic mass is 10.0. The SMILES string of the molecule is Cc1ccc(S(=O)(=O)c2cccc(S(=O)(=O)N3CCC(C)CC3)c2)cc1S(=O)(=O)N1CCC(C)CC1. The summed E-state index contributed by atoms with van der Waals surface area (Å²) in [7, 11) is -11.9. The first-order chi connectivity index (χ1) is 16.8. The monoisotopic (exact) mass is 554 g/mol. The third-order valence-electron chi connectivity index (χ3n) is 7.33. The van der Waals surface area contributed by atoms with E-state index in [1.807, 2.05) is 0 Å². The molecule has 2 aliphatic rings. The highest BCUT2D eigenvalue weighted by Gasteiger charge is 2.32. The van der Waals surface area contributed by atoms with E-state index in [1.54, 1.807) is 6.92 Å². The Morgan fingerprint density at radius 2 is 1.11 bits per heavy atom. The molecule has 0 amide bonds. The number of sulfone groups is 1. The molecule has 8 nitrogen and oxygen atoms in total. The lowest BCUT2D eigenvalue weighted by Crippen LogP contribution is -2.38. The molecule has 2 saturated heterocycles. The fourth-order valence-electron chi connectivity index (χ4n) is 4.70. The molecule has 0 bridgehead atoms. The minimum atomic E-state index is -4.17. The van der Waals surface area contributed by atoms with Gasteiger partial charge in [-0.05, 0) is 80.3 Å². The number of rotatable bonds is 6. The van der Waals surface area contributed by atoms with Crippen LogP contribution in [0.2, 0.25) is 0 Å². The summed E-state index contributed by atoms with van der Waals surface area (Å²) in [6.07, 6.45) is 3.03. The molecule has 0 unspecified atom stereocenters. The summed E-state index contributed by atoms with van der Waals surface area (Å²) in [6.45, 7) is 7.40. The van der Waals surface area contributed by atoms with E-state index in [1.165, 1.54) is 51.1 Å². The van der Waals surface area contributed by atoms with E-state index in [4.69, 9.17) is 0 Å². The van der Waals surface area contributed by atoms with E-state index in [0.29, 0.717) is 43.6 Å². The van der Waals surface area contributed by atoms with Gasteiger partial charge in [0.05, 0.1) is 19.6 Å². The molecule has 0 aromatic heterocycles. The van der Waals surface area contributed by atoms with Crippen LogP contribution in [-0.4, -0.2) is 60.0 Å². The summed E-state index contributed by atoms with van der Waals surface area (Å²) >= 11 is 0. The number of sulfonamides is 2. The van der Waals surface area contributed by atoms with E-state index in [9.17, 15) is 25.3 Å². The van der Waals surface area contributed by atoms with E-state index >= 15 is 0 Å². The second-order valence-corrected chi connectivity index (χ2v) is 15.9. The van der Waals surface area contributed by atoms with Crippen molar-refractivity contribution in [2.24, 2.45) is 11.8 Å². The maximum Gasteiger partial charge on any atom is 0.243 e. The average molecular weight is 555 g/mol. The fourth-order valence-corrected chi connectivity index (χ4v) is 9.42. The molecular formula is C25H34N2O6S3. The predicted octanol–water partition coefficient (Wildman–Crippen LogP) is 3.67. The van der Waals surface area contributed by atoms with Gasteiger partial charge in [-0.1, -0.05) is 26.0 Å². The molecule has 0 spiro atoms. The lowest BCUT2D eigenvalue weighted by Gasteiger charge is -2.30. The van der Waals surface area contributed by atoms with Crippen LogP contribution in [-0.2, 0) is 29.9 Å². The average Bonchev–Trinajstić information content (AvgIpc) is 2.84. The number of nitrogens with zero attached hydrogens (tertiary/aromatic N) is 2. The van der Waals surface area contributed by atoms with Gasteiger partial charge in [0.1, 0.15) is 0 Å². The summed E-state index contributed by atoms with van der Waals surface area (Å²) in [5.74, 6) is 0.893. The van der Waals surface area contributed by atoms with Gasteiger partial charge in [0.2, 0.25) is 29.9 Å². The van der Waals surface area contributed by atoms with Crippen LogP contribution in [0.1, 0.15) is 45.1 Å². The molecule has 11 heteroatoms. The van der Waals surface area contributed by atoms with Crippen molar-refractivity contribution in [3.63, 3.8) is 0 Å². The molecule has 2 aromatic carbocycles. The molecule has 0 atom stereocenters. The normalized spacial score (nSPS) is 20.0. The lowest BCUT2D eigenvalue weighted by molar-refractivity contribution is 0.287. The van der Waals surface area contributed by atoms with Crippen molar-refractivity contribution in [2.45, 2.75) is 66.0 Å². The van der Waals surface area contributed by atoms with Gasteiger partial charge in [0, 0.05) is 26.2 Å². The molecular weight excluding hydrogens is 520 g/mol. The van der Waals surface area contributed by atoms with Gasteiger partial charge in [0.15, 0.2) is 0 Å². The van der Waals surface area contributed by atoms with Crippen molar-refractivity contribution in [3.05, 3.63) is 48.0 Å². The Labute approximate surface area is 215 Å². The fraction of sp³-hybridized carbons (Fsp3) is 0.520. The van der Waals surface area contributed by atoms with Crippen molar-refractivity contribution in [1.29, 1.82) is 0 Å². The van der Waals surface area contributed by atoms with Crippen LogP contribution in [0, 0.1) is 18.8 Å². The van der Waals surface area contributed by atoms with E-state index < -0.39 is 29.9 Å². The van der Waals surface area contributed by atoms with Crippen LogP contribution in [0.5, 0.6) is 0 Å². The second kappa shape index (κ2) is 10.2. The van der Waals surface area contributed by atoms with Crippen LogP contribution >= 0.6 is 0 Å². The molecule has 2 fully saturated rings. The highest BCUT2D eigenvalue weighted by Crippen LogP contribution is 2.31. The number of hydrogen-bond acceptors (Lipinski definition) is 6. The molecule has 0 radical (unpaired) electrons. The maximum atomic E-state index is 13.5. The molecule has 36 heavy (non-hydrogen) atoms.